The first-order chi connectivity index (χ1) is 15.0. The first-order valence-corrected chi connectivity index (χ1v) is 10.8. The standard InChI is InChI=1S/C24H27N5O2/c1-26(2)24(31)23-19-13-18(21-9-5-10-22(30)29(21)23)15-27(16-19)14-17-7-3-4-8-20(17)28-12-6-11-25-28/h3-12,18-19,23H,13-16H2,1-2H3/t18-,19+,23-/m1/s1. The predicted molar refractivity (Wildman–Crippen MR) is 118 cm³/mol. The highest BCUT2D eigenvalue weighted by Crippen LogP contribution is 2.42. The van der Waals surface area contributed by atoms with Gasteiger partial charge in [0.1, 0.15) is 6.04 Å². The quantitative estimate of drug-likeness (QED) is 0.653. The highest BCUT2D eigenvalue weighted by atomic mass is 16.2. The summed E-state index contributed by atoms with van der Waals surface area (Å²) in [5.41, 5.74) is 3.17. The minimum absolute atomic E-state index is 0.00297. The Balaban J connectivity index is 1.49. The van der Waals surface area contributed by atoms with Gasteiger partial charge in [-0.05, 0) is 30.2 Å². The zero-order chi connectivity index (χ0) is 21.5. The average molecular weight is 418 g/mol. The Kier molecular flexibility index (Phi) is 4.98. The number of carbonyl (C=O) groups is 1. The molecule has 0 N–H and O–H groups in total. The number of benzene rings is 1. The van der Waals surface area contributed by atoms with Gasteiger partial charge in [0, 0.05) is 69.7 Å². The number of likely N-dealkylation sites (N-methyl/N-ethyl adjacent to an activating group) is 1. The van der Waals surface area contributed by atoms with Gasteiger partial charge in [-0.15, -0.1) is 0 Å². The molecule has 0 radical (unpaired) electrons. The molecule has 3 aromatic rings. The van der Waals surface area contributed by atoms with E-state index in [4.69, 9.17) is 0 Å². The molecule has 160 valence electrons. The number of pyridine rings is 1. The number of carbonyl (C=O) groups excluding carboxylic acids is 1. The summed E-state index contributed by atoms with van der Waals surface area (Å²) in [5, 5.41) is 4.40. The van der Waals surface area contributed by atoms with Crippen molar-refractivity contribution in [2.75, 3.05) is 27.2 Å². The molecule has 0 unspecified atom stereocenters. The molecule has 1 aromatic carbocycles. The third-order valence-electron chi connectivity index (χ3n) is 6.55. The van der Waals surface area contributed by atoms with Gasteiger partial charge in [-0.3, -0.25) is 19.1 Å². The van der Waals surface area contributed by atoms with Gasteiger partial charge in [-0.1, -0.05) is 24.3 Å². The van der Waals surface area contributed by atoms with Crippen LogP contribution in [0, 0.1) is 5.92 Å². The molecular weight excluding hydrogens is 390 g/mol. The molecule has 7 heteroatoms. The fraction of sp³-hybridized carbons (Fsp3) is 0.375. The topological polar surface area (TPSA) is 63.4 Å². The Morgan fingerprint density at radius 1 is 1.10 bits per heavy atom. The van der Waals surface area contributed by atoms with Gasteiger partial charge < -0.3 is 4.90 Å². The summed E-state index contributed by atoms with van der Waals surface area (Å²) >= 11 is 0. The number of nitrogens with zero attached hydrogens (tertiary/aromatic N) is 5. The lowest BCUT2D eigenvalue weighted by atomic mass is 9.78. The van der Waals surface area contributed by atoms with E-state index in [0.29, 0.717) is 0 Å². The third-order valence-corrected chi connectivity index (χ3v) is 6.55. The van der Waals surface area contributed by atoms with Crippen LogP contribution in [0.15, 0.2) is 65.7 Å². The Morgan fingerprint density at radius 3 is 2.71 bits per heavy atom. The third kappa shape index (κ3) is 3.49. The molecule has 1 fully saturated rings. The van der Waals surface area contributed by atoms with E-state index in [1.165, 1.54) is 5.56 Å². The Labute approximate surface area is 181 Å². The van der Waals surface area contributed by atoms with Crippen molar-refractivity contribution in [3.63, 3.8) is 0 Å². The Hall–Kier alpha value is -3.19. The molecule has 31 heavy (non-hydrogen) atoms. The van der Waals surface area contributed by atoms with Gasteiger partial charge in [0.25, 0.3) is 5.56 Å². The molecular formula is C24H27N5O2. The predicted octanol–water partition coefficient (Wildman–Crippen LogP) is 2.28. The van der Waals surface area contributed by atoms with Gasteiger partial charge in [-0.2, -0.15) is 5.10 Å². The van der Waals surface area contributed by atoms with Gasteiger partial charge in [-0.25, -0.2) is 4.68 Å². The summed E-state index contributed by atoms with van der Waals surface area (Å²) in [7, 11) is 3.53. The molecule has 2 aliphatic rings. The summed E-state index contributed by atoms with van der Waals surface area (Å²) in [6.07, 6.45) is 4.68. The molecule has 2 aliphatic heterocycles. The molecule has 5 rings (SSSR count). The van der Waals surface area contributed by atoms with Crippen LogP contribution in [0.3, 0.4) is 0 Å². The van der Waals surface area contributed by atoms with Crippen LogP contribution in [0.2, 0.25) is 0 Å². The summed E-state index contributed by atoms with van der Waals surface area (Å²) in [4.78, 5) is 29.9. The number of hydrogen-bond acceptors (Lipinski definition) is 4. The molecule has 3 atom stereocenters. The van der Waals surface area contributed by atoms with Crippen molar-refractivity contribution < 1.29 is 4.79 Å². The summed E-state index contributed by atoms with van der Waals surface area (Å²) in [6.45, 7) is 2.44. The Bertz CT molecular complexity index is 1150. The maximum atomic E-state index is 13.1. The van der Waals surface area contributed by atoms with E-state index in [1.54, 1.807) is 35.8 Å². The first kappa shape index (κ1) is 19.8. The SMILES string of the molecule is CN(C)C(=O)[C@H]1[C@H]2C[C@H](CN(Cc3ccccc3-n3cccn3)C2)c2cccc(=O)n21. The van der Waals surface area contributed by atoms with Crippen molar-refractivity contribution in [1.29, 1.82) is 0 Å². The van der Waals surface area contributed by atoms with E-state index >= 15 is 0 Å². The van der Waals surface area contributed by atoms with Crippen LogP contribution in [-0.4, -0.2) is 57.2 Å². The first-order valence-electron chi connectivity index (χ1n) is 10.8. The van der Waals surface area contributed by atoms with Crippen LogP contribution in [0.4, 0.5) is 0 Å². The summed E-state index contributed by atoms with van der Waals surface area (Å²) in [5.74, 6) is 0.352. The number of amides is 1. The minimum atomic E-state index is -0.445. The highest BCUT2D eigenvalue weighted by Gasteiger charge is 2.44. The molecule has 0 spiro atoms. The maximum Gasteiger partial charge on any atom is 0.251 e. The van der Waals surface area contributed by atoms with Crippen molar-refractivity contribution >= 4 is 5.91 Å². The van der Waals surface area contributed by atoms with Crippen molar-refractivity contribution in [2.24, 2.45) is 5.92 Å². The second kappa shape index (κ2) is 7.81. The van der Waals surface area contributed by atoms with Crippen LogP contribution in [0.5, 0.6) is 0 Å². The van der Waals surface area contributed by atoms with E-state index in [0.717, 1.165) is 37.4 Å². The Morgan fingerprint density at radius 2 is 1.94 bits per heavy atom. The highest BCUT2D eigenvalue weighted by molar-refractivity contribution is 5.80. The molecule has 0 aliphatic carbocycles. The number of piperidine rings is 1. The number of aromatic nitrogens is 3. The van der Waals surface area contributed by atoms with E-state index in [9.17, 15) is 9.59 Å². The molecule has 2 aromatic heterocycles. The maximum absolute atomic E-state index is 13.1. The molecule has 7 nitrogen and oxygen atoms in total. The second-order valence-electron chi connectivity index (χ2n) is 8.80. The lowest BCUT2D eigenvalue weighted by Gasteiger charge is -2.46. The lowest BCUT2D eigenvalue weighted by molar-refractivity contribution is -0.135. The van der Waals surface area contributed by atoms with Gasteiger partial charge in [0.05, 0.1) is 5.69 Å². The monoisotopic (exact) mass is 417 g/mol. The van der Waals surface area contributed by atoms with E-state index in [1.807, 2.05) is 35.1 Å². The summed E-state index contributed by atoms with van der Waals surface area (Å²) < 4.78 is 3.66. The van der Waals surface area contributed by atoms with Crippen LogP contribution >= 0.6 is 0 Å². The molecule has 2 bridgehead atoms. The fourth-order valence-electron chi connectivity index (χ4n) is 5.26. The van der Waals surface area contributed by atoms with Gasteiger partial charge >= 0.3 is 0 Å². The molecule has 1 amide bonds. The van der Waals surface area contributed by atoms with Crippen LogP contribution in [-0.2, 0) is 11.3 Å². The van der Waals surface area contributed by atoms with Crippen LogP contribution < -0.4 is 5.56 Å². The number of fused-ring (bicyclic) bond motifs is 4. The largest absolute Gasteiger partial charge is 0.347 e. The van der Waals surface area contributed by atoms with Crippen molar-refractivity contribution in [2.45, 2.75) is 24.9 Å². The number of hydrogen-bond donors (Lipinski definition) is 0. The van der Waals surface area contributed by atoms with Crippen molar-refractivity contribution in [3.8, 4) is 5.69 Å². The van der Waals surface area contributed by atoms with Gasteiger partial charge in [0.2, 0.25) is 5.91 Å². The minimum Gasteiger partial charge on any atom is -0.347 e. The summed E-state index contributed by atoms with van der Waals surface area (Å²) in [6, 6.07) is 15.2. The van der Waals surface area contributed by atoms with E-state index in [-0.39, 0.29) is 23.3 Å². The molecule has 1 saturated heterocycles. The van der Waals surface area contributed by atoms with Gasteiger partial charge in [0.15, 0.2) is 0 Å². The number of likely N-dealkylation sites (tertiary alicyclic amines) is 1. The molecule has 0 saturated carbocycles. The molecule has 4 heterocycles. The lowest BCUT2D eigenvalue weighted by Crippen LogP contribution is -2.53. The average Bonchev–Trinajstić information content (AvgIpc) is 3.29. The zero-order valence-electron chi connectivity index (χ0n) is 17.9. The smallest absolute Gasteiger partial charge is 0.251 e. The zero-order valence-corrected chi connectivity index (χ0v) is 17.9. The second-order valence-corrected chi connectivity index (χ2v) is 8.80. The number of rotatable bonds is 4. The normalized spacial score (nSPS) is 22.7. The number of para-hydroxylation sites is 1. The van der Waals surface area contributed by atoms with Crippen LogP contribution in [0.25, 0.3) is 5.69 Å². The van der Waals surface area contributed by atoms with Crippen LogP contribution in [0.1, 0.15) is 29.6 Å². The van der Waals surface area contributed by atoms with Crippen molar-refractivity contribution in [1.82, 2.24) is 24.1 Å². The van der Waals surface area contributed by atoms with E-state index in [2.05, 4.69) is 28.2 Å². The van der Waals surface area contributed by atoms with Crippen molar-refractivity contribution in [3.05, 3.63) is 82.5 Å². The fourth-order valence-corrected chi connectivity index (χ4v) is 5.26. The van der Waals surface area contributed by atoms with E-state index < -0.39 is 6.04 Å².